The number of hydrogen-bond donors (Lipinski definition) is 4. The van der Waals surface area contributed by atoms with Crippen molar-refractivity contribution < 1.29 is 19.5 Å². The van der Waals surface area contributed by atoms with E-state index in [1.807, 2.05) is 0 Å². The van der Waals surface area contributed by atoms with Crippen LogP contribution in [0.1, 0.15) is 143 Å². The molecule has 7 nitrogen and oxygen atoms in total. The highest BCUT2D eigenvalue weighted by Crippen LogP contribution is 2.10. The number of hydrogen-bond acceptors (Lipinski definition) is 4. The van der Waals surface area contributed by atoms with Gasteiger partial charge in [-0.3, -0.25) is 9.59 Å². The maximum Gasteiger partial charge on any atom is 0.327 e. The second kappa shape index (κ2) is 37.3. The molecule has 0 atom stereocenters. The van der Waals surface area contributed by atoms with E-state index in [1.54, 1.807) is 0 Å². The molecule has 0 aliphatic heterocycles. The van der Waals surface area contributed by atoms with Crippen LogP contribution in [-0.4, -0.2) is 49.1 Å². The van der Waals surface area contributed by atoms with Crippen molar-refractivity contribution in [2.24, 2.45) is 0 Å². The van der Waals surface area contributed by atoms with Gasteiger partial charge in [0, 0.05) is 32.0 Å². The molecule has 0 aliphatic rings. The Labute approximate surface area is 235 Å². The lowest BCUT2D eigenvalue weighted by atomic mass is 10.1. The lowest BCUT2D eigenvalue weighted by Crippen LogP contribution is -2.28. The van der Waals surface area contributed by atoms with Gasteiger partial charge in [0.2, 0.25) is 11.8 Å². The highest BCUT2D eigenvalue weighted by Gasteiger charge is 2.05. The first-order valence-electron chi connectivity index (χ1n) is 15.5. The van der Waals surface area contributed by atoms with Gasteiger partial charge in [-0.25, -0.2) is 4.79 Å². The van der Waals surface area contributed by atoms with E-state index in [4.69, 9.17) is 5.11 Å². The molecule has 0 rings (SSSR count). The Morgan fingerprint density at radius 1 is 0.553 bits per heavy atom. The van der Waals surface area contributed by atoms with Crippen LogP contribution in [0.5, 0.6) is 0 Å². The SMILES string of the molecule is C=CC(=O)O.CCCCCCCCCCCCNC(=O)CCC(=O)NCCCC.CCCCNCCCC. The average molecular weight is 542 g/mol. The summed E-state index contributed by atoms with van der Waals surface area (Å²) in [5.74, 6) is -1.00. The van der Waals surface area contributed by atoms with E-state index in [0.29, 0.717) is 12.8 Å². The van der Waals surface area contributed by atoms with Crippen LogP contribution in [0, 0.1) is 0 Å². The smallest absolute Gasteiger partial charge is 0.327 e. The van der Waals surface area contributed by atoms with Crippen molar-refractivity contribution in [2.75, 3.05) is 26.2 Å². The van der Waals surface area contributed by atoms with Crippen molar-refractivity contribution in [1.29, 1.82) is 0 Å². The first-order chi connectivity index (χ1) is 18.4. The molecule has 4 N–H and O–H groups in total. The molecule has 0 saturated heterocycles. The van der Waals surface area contributed by atoms with Crippen molar-refractivity contribution in [3.05, 3.63) is 12.7 Å². The van der Waals surface area contributed by atoms with Crippen LogP contribution in [0.4, 0.5) is 0 Å². The van der Waals surface area contributed by atoms with Gasteiger partial charge >= 0.3 is 5.97 Å². The number of carboxylic acids is 1. The normalized spacial score (nSPS) is 9.89. The molecule has 0 unspecified atom stereocenters. The lowest BCUT2D eigenvalue weighted by molar-refractivity contribution is -0.131. The minimum absolute atomic E-state index is 0.00318. The number of amides is 2. The summed E-state index contributed by atoms with van der Waals surface area (Å²) in [7, 11) is 0. The molecule has 0 heterocycles. The van der Waals surface area contributed by atoms with Gasteiger partial charge in [0.15, 0.2) is 0 Å². The second-order valence-corrected chi connectivity index (χ2v) is 9.73. The van der Waals surface area contributed by atoms with Crippen LogP contribution in [0.15, 0.2) is 12.7 Å². The Morgan fingerprint density at radius 2 is 0.868 bits per heavy atom. The number of carbonyl (C=O) groups is 3. The number of carboxylic acid groups (broad SMARTS) is 1. The Hall–Kier alpha value is -1.89. The van der Waals surface area contributed by atoms with Crippen molar-refractivity contribution in [3.8, 4) is 0 Å². The monoisotopic (exact) mass is 541 g/mol. The number of unbranched alkanes of at least 4 members (excludes halogenated alkanes) is 12. The molecule has 0 saturated carbocycles. The van der Waals surface area contributed by atoms with Crippen LogP contribution in [0.3, 0.4) is 0 Å². The molecule has 0 aliphatic carbocycles. The molecule has 0 radical (unpaired) electrons. The topological polar surface area (TPSA) is 108 Å². The summed E-state index contributed by atoms with van der Waals surface area (Å²) in [6.45, 7) is 15.6. The third-order valence-corrected chi connectivity index (χ3v) is 5.87. The molecule has 0 aromatic heterocycles. The molecule has 7 heteroatoms. The zero-order valence-electron chi connectivity index (χ0n) is 25.5. The Morgan fingerprint density at radius 3 is 1.24 bits per heavy atom. The third-order valence-electron chi connectivity index (χ3n) is 5.87. The van der Waals surface area contributed by atoms with Gasteiger partial charge in [-0.05, 0) is 38.8 Å². The summed E-state index contributed by atoms with van der Waals surface area (Å²) in [6, 6.07) is 0. The molecule has 0 aromatic rings. The molecule has 0 aromatic carbocycles. The molecule has 0 fully saturated rings. The maximum absolute atomic E-state index is 11.6. The molecule has 0 spiro atoms. The van der Waals surface area contributed by atoms with Gasteiger partial charge < -0.3 is 21.1 Å². The van der Waals surface area contributed by atoms with E-state index in [2.05, 4.69) is 50.2 Å². The van der Waals surface area contributed by atoms with Gasteiger partial charge in [0.05, 0.1) is 0 Å². The second-order valence-electron chi connectivity index (χ2n) is 9.73. The number of nitrogens with one attached hydrogen (secondary N) is 3. The standard InChI is InChI=1S/C20H40N2O2.C8H19N.C3H4O2/c1-3-5-7-8-9-10-11-12-13-14-18-22-20(24)16-15-19(23)21-17-6-4-2;1-3-5-7-9-8-6-4-2;1-2-3(4)5/h3-18H2,1-2H3,(H,21,23)(H,22,24);9H,3-8H2,1-2H3;2H,1H2,(H,4,5). The molecule has 0 bridgehead atoms. The fourth-order valence-corrected chi connectivity index (χ4v) is 3.38. The predicted molar refractivity (Wildman–Crippen MR) is 163 cm³/mol. The van der Waals surface area contributed by atoms with Crippen LogP contribution >= 0.6 is 0 Å². The summed E-state index contributed by atoms with van der Waals surface area (Å²) >= 11 is 0. The summed E-state index contributed by atoms with van der Waals surface area (Å²) in [5, 5.41) is 16.7. The van der Waals surface area contributed by atoms with E-state index in [1.165, 1.54) is 96.6 Å². The minimum atomic E-state index is -0.981. The van der Waals surface area contributed by atoms with Gasteiger partial charge in [-0.2, -0.15) is 0 Å². The number of aliphatic carboxylic acids is 1. The number of rotatable bonds is 24. The molecule has 38 heavy (non-hydrogen) atoms. The Kier molecular flexibility index (Phi) is 39.8. The minimum Gasteiger partial charge on any atom is -0.478 e. The summed E-state index contributed by atoms with van der Waals surface area (Å²) in [6.07, 6.45) is 21.8. The molecular weight excluding hydrogens is 478 g/mol. The van der Waals surface area contributed by atoms with Crippen molar-refractivity contribution in [3.63, 3.8) is 0 Å². The van der Waals surface area contributed by atoms with Crippen molar-refractivity contribution >= 4 is 17.8 Å². The van der Waals surface area contributed by atoms with Crippen LogP contribution in [0.25, 0.3) is 0 Å². The fourth-order valence-electron chi connectivity index (χ4n) is 3.38. The zero-order chi connectivity index (χ0) is 29.1. The predicted octanol–water partition coefficient (Wildman–Crippen LogP) is 7.15. The van der Waals surface area contributed by atoms with Crippen LogP contribution < -0.4 is 16.0 Å². The van der Waals surface area contributed by atoms with E-state index in [-0.39, 0.29) is 11.8 Å². The maximum atomic E-state index is 11.6. The van der Waals surface area contributed by atoms with Gasteiger partial charge in [-0.15, -0.1) is 0 Å². The summed E-state index contributed by atoms with van der Waals surface area (Å²) in [5.41, 5.74) is 0. The first-order valence-corrected chi connectivity index (χ1v) is 15.5. The fraction of sp³-hybridized carbons (Fsp3) is 0.839. The summed E-state index contributed by atoms with van der Waals surface area (Å²) < 4.78 is 0. The van der Waals surface area contributed by atoms with Crippen LogP contribution in [0.2, 0.25) is 0 Å². The van der Waals surface area contributed by atoms with E-state index in [0.717, 1.165) is 38.4 Å². The van der Waals surface area contributed by atoms with Crippen molar-refractivity contribution in [2.45, 2.75) is 143 Å². The van der Waals surface area contributed by atoms with E-state index < -0.39 is 5.97 Å². The average Bonchev–Trinajstić information content (AvgIpc) is 2.91. The Bertz CT molecular complexity index is 521. The summed E-state index contributed by atoms with van der Waals surface area (Å²) in [4.78, 5) is 32.4. The number of carbonyl (C=O) groups excluding carboxylic acids is 2. The third kappa shape index (κ3) is 44.1. The largest absolute Gasteiger partial charge is 0.478 e. The van der Waals surface area contributed by atoms with E-state index in [9.17, 15) is 14.4 Å². The van der Waals surface area contributed by atoms with Gasteiger partial charge in [0.1, 0.15) is 0 Å². The molecular formula is C31H63N3O4. The van der Waals surface area contributed by atoms with Crippen molar-refractivity contribution in [1.82, 2.24) is 16.0 Å². The highest BCUT2D eigenvalue weighted by atomic mass is 16.4. The van der Waals surface area contributed by atoms with Crippen LogP contribution in [-0.2, 0) is 14.4 Å². The first kappa shape index (κ1) is 40.6. The van der Waals surface area contributed by atoms with E-state index >= 15 is 0 Å². The zero-order valence-corrected chi connectivity index (χ0v) is 25.5. The van der Waals surface area contributed by atoms with Gasteiger partial charge in [-0.1, -0.05) is 111 Å². The molecule has 226 valence electrons. The highest BCUT2D eigenvalue weighted by molar-refractivity contribution is 5.83. The molecule has 2 amide bonds. The Balaban J connectivity index is -0.000000714. The quantitative estimate of drug-likeness (QED) is 0.0766. The lowest BCUT2D eigenvalue weighted by Gasteiger charge is -2.06. The van der Waals surface area contributed by atoms with Gasteiger partial charge in [0.25, 0.3) is 0 Å².